The van der Waals surface area contributed by atoms with E-state index in [-0.39, 0.29) is 11.3 Å². The third-order valence-corrected chi connectivity index (χ3v) is 2.29. The lowest BCUT2D eigenvalue weighted by Crippen LogP contribution is -2.24. The van der Waals surface area contributed by atoms with Crippen molar-refractivity contribution in [1.29, 1.82) is 0 Å². The maximum absolute atomic E-state index is 11.9. The number of fused-ring (bicyclic) bond motifs is 1. The third kappa shape index (κ3) is 1.98. The van der Waals surface area contributed by atoms with E-state index in [2.05, 4.69) is 10.1 Å². The van der Waals surface area contributed by atoms with Gasteiger partial charge in [-0.05, 0) is 19.1 Å². The van der Waals surface area contributed by atoms with Gasteiger partial charge in [0.15, 0.2) is 0 Å². The largest absolute Gasteiger partial charge is 0.300 e. The zero-order chi connectivity index (χ0) is 11.5. The second kappa shape index (κ2) is 4.22. The summed E-state index contributed by atoms with van der Waals surface area (Å²) in [4.78, 5) is 26.7. The molecule has 16 heavy (non-hydrogen) atoms. The van der Waals surface area contributed by atoms with E-state index in [1.165, 1.54) is 11.6 Å². The summed E-state index contributed by atoms with van der Waals surface area (Å²) < 4.78 is 1.27. The molecular formula is C11H11N3O2. The predicted molar refractivity (Wildman–Crippen MR) is 59.1 cm³/mol. The zero-order valence-electron chi connectivity index (χ0n) is 8.88. The normalized spacial score (nSPS) is 10.6. The summed E-state index contributed by atoms with van der Waals surface area (Å²) in [7, 11) is 0. The Morgan fingerprint density at radius 1 is 1.50 bits per heavy atom. The van der Waals surface area contributed by atoms with Gasteiger partial charge in [-0.2, -0.15) is 5.10 Å². The van der Waals surface area contributed by atoms with Crippen LogP contribution in [0.1, 0.15) is 13.3 Å². The Balaban J connectivity index is 2.45. The van der Waals surface area contributed by atoms with Crippen molar-refractivity contribution < 1.29 is 4.79 Å². The van der Waals surface area contributed by atoms with Crippen molar-refractivity contribution in [2.45, 2.75) is 19.9 Å². The van der Waals surface area contributed by atoms with E-state index in [0.717, 1.165) is 0 Å². The Hall–Kier alpha value is -2.04. The summed E-state index contributed by atoms with van der Waals surface area (Å²) in [6.07, 6.45) is 3.47. The van der Waals surface area contributed by atoms with E-state index in [4.69, 9.17) is 0 Å². The molecule has 0 aromatic carbocycles. The molecule has 0 saturated carbocycles. The van der Waals surface area contributed by atoms with Crippen LogP contribution < -0.4 is 5.56 Å². The molecular weight excluding hydrogens is 206 g/mol. The molecule has 0 N–H and O–H groups in total. The first-order chi connectivity index (χ1) is 7.68. The Bertz CT molecular complexity index is 589. The fraction of sp³-hybridized carbons (Fsp3) is 0.273. The summed E-state index contributed by atoms with van der Waals surface area (Å²) in [5.74, 6) is 0.0369. The number of Topliss-reactive ketones (excluding diaryl/α,β-unsaturated/α-hetero) is 1. The fourth-order valence-electron chi connectivity index (χ4n) is 1.43. The highest BCUT2D eigenvalue weighted by Crippen LogP contribution is 2.02. The van der Waals surface area contributed by atoms with Crippen LogP contribution in [0.3, 0.4) is 0 Å². The minimum atomic E-state index is -0.251. The van der Waals surface area contributed by atoms with E-state index in [9.17, 15) is 9.59 Å². The highest BCUT2D eigenvalue weighted by Gasteiger charge is 2.04. The number of rotatable bonds is 3. The molecule has 0 spiro atoms. The second-order valence-electron chi connectivity index (χ2n) is 3.57. The van der Waals surface area contributed by atoms with E-state index in [0.29, 0.717) is 23.9 Å². The maximum atomic E-state index is 11.9. The Morgan fingerprint density at radius 3 is 3.06 bits per heavy atom. The van der Waals surface area contributed by atoms with Crippen LogP contribution in [0.25, 0.3) is 10.9 Å². The summed E-state index contributed by atoms with van der Waals surface area (Å²) in [6, 6.07) is 3.54. The van der Waals surface area contributed by atoms with Crippen molar-refractivity contribution in [1.82, 2.24) is 14.8 Å². The van der Waals surface area contributed by atoms with Gasteiger partial charge >= 0.3 is 0 Å². The average Bonchev–Trinajstić information content (AvgIpc) is 2.28. The lowest BCUT2D eigenvalue weighted by molar-refractivity contribution is -0.117. The maximum Gasteiger partial charge on any atom is 0.293 e. The van der Waals surface area contributed by atoms with E-state index >= 15 is 0 Å². The van der Waals surface area contributed by atoms with Gasteiger partial charge in [0.05, 0.1) is 12.7 Å². The average molecular weight is 217 g/mol. The number of hydrogen-bond acceptors (Lipinski definition) is 4. The Kier molecular flexibility index (Phi) is 2.76. The van der Waals surface area contributed by atoms with Gasteiger partial charge in [0.25, 0.3) is 5.56 Å². The van der Waals surface area contributed by atoms with Crippen molar-refractivity contribution in [2.75, 3.05) is 0 Å². The van der Waals surface area contributed by atoms with Gasteiger partial charge in [-0.25, -0.2) is 4.68 Å². The first-order valence-electron chi connectivity index (χ1n) is 4.99. The molecule has 0 fully saturated rings. The quantitative estimate of drug-likeness (QED) is 0.761. The number of hydrogen-bond donors (Lipinski definition) is 0. The molecule has 0 unspecified atom stereocenters. The molecule has 0 saturated heterocycles. The number of carbonyl (C=O) groups is 1. The Morgan fingerprint density at radius 2 is 2.31 bits per heavy atom. The van der Waals surface area contributed by atoms with E-state index < -0.39 is 0 Å². The van der Waals surface area contributed by atoms with Crippen molar-refractivity contribution in [3.05, 3.63) is 34.9 Å². The first kappa shape index (κ1) is 10.5. The number of aryl methyl sites for hydroxylation is 1. The molecule has 2 aromatic rings. The van der Waals surface area contributed by atoms with Crippen LogP contribution in [-0.2, 0) is 11.3 Å². The van der Waals surface area contributed by atoms with Gasteiger partial charge in [0.1, 0.15) is 11.3 Å². The van der Waals surface area contributed by atoms with Crippen molar-refractivity contribution in [2.24, 2.45) is 0 Å². The van der Waals surface area contributed by atoms with Gasteiger partial charge < -0.3 is 0 Å². The molecule has 5 nitrogen and oxygen atoms in total. The van der Waals surface area contributed by atoms with Gasteiger partial charge in [0.2, 0.25) is 0 Å². The fourth-order valence-corrected chi connectivity index (χ4v) is 1.43. The molecule has 82 valence electrons. The van der Waals surface area contributed by atoms with Crippen LogP contribution in [0.5, 0.6) is 0 Å². The molecule has 0 aliphatic carbocycles. The molecule has 2 heterocycles. The summed E-state index contributed by atoms with van der Waals surface area (Å²) in [5.41, 5.74) is 0.139. The van der Waals surface area contributed by atoms with E-state index in [1.807, 2.05) is 0 Å². The molecule has 0 radical (unpaired) electrons. The molecule has 0 atom stereocenters. The van der Waals surface area contributed by atoms with Gasteiger partial charge in [0, 0.05) is 18.0 Å². The molecule has 0 aliphatic rings. The minimum absolute atomic E-state index is 0.0369. The zero-order valence-corrected chi connectivity index (χ0v) is 8.88. The highest BCUT2D eigenvalue weighted by molar-refractivity contribution is 5.76. The SMILES string of the molecule is CC(=O)CCn1ncc2cccnc2c1=O. The van der Waals surface area contributed by atoms with Crippen molar-refractivity contribution in [3.8, 4) is 0 Å². The number of ketones is 1. The van der Waals surface area contributed by atoms with Gasteiger partial charge in [-0.15, -0.1) is 0 Å². The summed E-state index contributed by atoms with van der Waals surface area (Å²) in [5, 5.41) is 4.70. The monoisotopic (exact) mass is 217 g/mol. The third-order valence-electron chi connectivity index (χ3n) is 2.29. The number of carbonyl (C=O) groups excluding carboxylic acids is 1. The second-order valence-corrected chi connectivity index (χ2v) is 3.57. The van der Waals surface area contributed by atoms with Gasteiger partial charge in [-0.1, -0.05) is 0 Å². The molecule has 5 heteroatoms. The van der Waals surface area contributed by atoms with Crippen LogP contribution in [0.4, 0.5) is 0 Å². The minimum Gasteiger partial charge on any atom is -0.300 e. The van der Waals surface area contributed by atoms with Crippen LogP contribution >= 0.6 is 0 Å². The summed E-state index contributed by atoms with van der Waals surface area (Å²) >= 11 is 0. The standard InChI is InChI=1S/C11H11N3O2/c1-8(15)4-6-14-11(16)10-9(7-13-14)3-2-5-12-10/h2-3,5,7H,4,6H2,1H3. The highest BCUT2D eigenvalue weighted by atomic mass is 16.1. The van der Waals surface area contributed by atoms with E-state index in [1.54, 1.807) is 24.5 Å². The van der Waals surface area contributed by atoms with Crippen molar-refractivity contribution >= 4 is 16.7 Å². The van der Waals surface area contributed by atoms with Gasteiger partial charge in [-0.3, -0.25) is 14.6 Å². The molecule has 2 aromatic heterocycles. The predicted octanol–water partition coefficient (Wildman–Crippen LogP) is 0.771. The van der Waals surface area contributed by atoms with Crippen LogP contribution in [0.15, 0.2) is 29.3 Å². The topological polar surface area (TPSA) is 64.8 Å². The molecule has 0 bridgehead atoms. The lowest BCUT2D eigenvalue weighted by atomic mass is 10.3. The van der Waals surface area contributed by atoms with Crippen LogP contribution in [-0.4, -0.2) is 20.5 Å². The number of pyridine rings is 1. The molecule has 0 amide bonds. The molecule has 2 rings (SSSR count). The van der Waals surface area contributed by atoms with Crippen LogP contribution in [0, 0.1) is 0 Å². The van der Waals surface area contributed by atoms with Crippen molar-refractivity contribution in [3.63, 3.8) is 0 Å². The first-order valence-corrected chi connectivity index (χ1v) is 4.99. The van der Waals surface area contributed by atoms with Crippen LogP contribution in [0.2, 0.25) is 0 Å². The molecule has 0 aliphatic heterocycles. The summed E-state index contributed by atoms with van der Waals surface area (Å²) in [6.45, 7) is 1.80. The lowest BCUT2D eigenvalue weighted by Gasteiger charge is -2.03. The number of nitrogens with zero attached hydrogens (tertiary/aromatic N) is 3. The number of aromatic nitrogens is 3. The Labute approximate surface area is 91.7 Å². The smallest absolute Gasteiger partial charge is 0.293 e.